The molecule has 2 aromatic rings. The number of aliphatic hydroxyl groups is 1. The Morgan fingerprint density at radius 3 is 2.69 bits per heavy atom. The number of nitrogens with one attached hydrogen (secondary N) is 2. The smallest absolute Gasteiger partial charge is 0.229 e. The molecule has 0 aliphatic carbocycles. The van der Waals surface area contributed by atoms with Gasteiger partial charge in [-0.15, -0.1) is 0 Å². The van der Waals surface area contributed by atoms with Gasteiger partial charge in [-0.2, -0.15) is 4.98 Å². The molecule has 0 bridgehead atoms. The predicted octanol–water partition coefficient (Wildman–Crippen LogP) is 4.06. The fraction of sp³-hybridized carbons (Fsp3) is 0.567. The normalized spacial score (nSPS) is 25.7. The standard InChI is InChI=1S/C30H42N6O3/c1-28(2,17-38-19-37)20-10-12-21(13-11-20)34-27-32-16-23-26(35-27)36(25-9-7-8-22(33-25)15-31-6)24-14-29(3,4)39-18-30(23,24)5/h7,9-13,16,22,24,31,37H,8,14-15,17-19H2,1-6H3,(H,32,34,35)/t22?,24-,30-/m1/s1. The second kappa shape index (κ2) is 10.6. The first-order valence-electron chi connectivity index (χ1n) is 13.8. The van der Waals surface area contributed by atoms with Crippen LogP contribution in [0.15, 0.2) is 47.6 Å². The zero-order valence-corrected chi connectivity index (χ0v) is 24.0. The average Bonchev–Trinajstić information content (AvgIpc) is 3.15. The van der Waals surface area contributed by atoms with Gasteiger partial charge in [0.2, 0.25) is 5.95 Å². The van der Waals surface area contributed by atoms with Crippen molar-refractivity contribution in [2.24, 2.45) is 4.99 Å². The zero-order valence-electron chi connectivity index (χ0n) is 24.0. The molecule has 3 atom stereocenters. The van der Waals surface area contributed by atoms with E-state index in [1.54, 1.807) is 0 Å². The molecule has 3 N–H and O–H groups in total. The maximum Gasteiger partial charge on any atom is 0.229 e. The molecule has 1 fully saturated rings. The second-order valence-corrected chi connectivity index (χ2v) is 12.4. The van der Waals surface area contributed by atoms with E-state index >= 15 is 0 Å². The molecule has 0 radical (unpaired) electrons. The number of rotatable bonds is 8. The molecule has 0 spiro atoms. The van der Waals surface area contributed by atoms with Crippen molar-refractivity contribution in [2.45, 2.75) is 76.0 Å². The van der Waals surface area contributed by atoms with Gasteiger partial charge in [0.05, 0.1) is 30.9 Å². The first kappa shape index (κ1) is 27.7. The highest BCUT2D eigenvalue weighted by atomic mass is 16.6. The van der Waals surface area contributed by atoms with Crippen LogP contribution in [0.4, 0.5) is 17.5 Å². The van der Waals surface area contributed by atoms with Crippen LogP contribution < -0.4 is 15.5 Å². The molecule has 1 aromatic heterocycles. The quantitative estimate of drug-likeness (QED) is 0.436. The highest BCUT2D eigenvalue weighted by Crippen LogP contribution is 2.51. The van der Waals surface area contributed by atoms with E-state index in [2.05, 4.69) is 74.4 Å². The van der Waals surface area contributed by atoms with E-state index in [1.807, 2.05) is 25.4 Å². The lowest BCUT2D eigenvalue weighted by Crippen LogP contribution is -2.56. The predicted molar refractivity (Wildman–Crippen MR) is 155 cm³/mol. The van der Waals surface area contributed by atoms with E-state index in [1.165, 1.54) is 0 Å². The highest BCUT2D eigenvalue weighted by Gasteiger charge is 2.55. The lowest BCUT2D eigenvalue weighted by molar-refractivity contribution is -0.0889. The van der Waals surface area contributed by atoms with Gasteiger partial charge >= 0.3 is 0 Å². The molecule has 39 heavy (non-hydrogen) atoms. The molecule has 1 unspecified atom stereocenters. The Balaban J connectivity index is 1.47. The summed E-state index contributed by atoms with van der Waals surface area (Å²) < 4.78 is 11.6. The summed E-state index contributed by atoms with van der Waals surface area (Å²) in [6.07, 6.45) is 8.11. The van der Waals surface area contributed by atoms with Gasteiger partial charge in [-0.05, 0) is 57.5 Å². The molecule has 9 nitrogen and oxygen atoms in total. The number of nitrogens with zero attached hydrogens (tertiary/aromatic N) is 4. The van der Waals surface area contributed by atoms with Gasteiger partial charge in [-0.3, -0.25) is 4.99 Å². The molecule has 0 amide bonds. The molecular formula is C30H42N6O3. The minimum absolute atomic E-state index is 0.167. The Hall–Kier alpha value is -2.85. The van der Waals surface area contributed by atoms with Gasteiger partial charge in [0.1, 0.15) is 18.4 Å². The SMILES string of the molecule is CNCC1CC=CC(N2c3nc(Nc4ccc(C(C)(C)COCO)cc4)ncc3[C@@]3(C)COC(C)(C)C[C@@H]23)=N1. The van der Waals surface area contributed by atoms with Gasteiger partial charge < -0.3 is 30.1 Å². The summed E-state index contributed by atoms with van der Waals surface area (Å²) in [5.74, 6) is 2.40. The molecule has 3 aliphatic heterocycles. The lowest BCUT2D eigenvalue weighted by Gasteiger charge is -2.46. The van der Waals surface area contributed by atoms with E-state index < -0.39 is 0 Å². The summed E-state index contributed by atoms with van der Waals surface area (Å²) in [7, 11) is 1.97. The van der Waals surface area contributed by atoms with Gasteiger partial charge in [-0.25, -0.2) is 4.98 Å². The molecule has 9 heteroatoms. The van der Waals surface area contributed by atoms with Crippen molar-refractivity contribution in [3.05, 3.63) is 53.7 Å². The van der Waals surface area contributed by atoms with Crippen LogP contribution in [0.2, 0.25) is 0 Å². The molecular weight excluding hydrogens is 492 g/mol. The van der Waals surface area contributed by atoms with Crippen LogP contribution in [0.25, 0.3) is 0 Å². The van der Waals surface area contributed by atoms with E-state index in [0.717, 1.165) is 47.9 Å². The molecule has 1 aromatic carbocycles. The van der Waals surface area contributed by atoms with Crippen molar-refractivity contribution >= 4 is 23.3 Å². The van der Waals surface area contributed by atoms with Crippen LogP contribution in [-0.4, -0.2) is 72.2 Å². The number of dihydropyridines is 1. The molecule has 5 rings (SSSR count). The third kappa shape index (κ3) is 5.45. The van der Waals surface area contributed by atoms with E-state index in [-0.39, 0.29) is 35.3 Å². The maximum absolute atomic E-state index is 9.03. The van der Waals surface area contributed by atoms with Crippen LogP contribution in [0.3, 0.4) is 0 Å². The monoisotopic (exact) mass is 534 g/mol. The van der Waals surface area contributed by atoms with Gasteiger partial charge in [-0.1, -0.05) is 39.0 Å². The van der Waals surface area contributed by atoms with Crippen LogP contribution in [0, 0.1) is 0 Å². The number of aliphatic hydroxyl groups excluding tert-OH is 1. The second-order valence-electron chi connectivity index (χ2n) is 12.4. The van der Waals surface area contributed by atoms with Crippen LogP contribution in [-0.2, 0) is 20.3 Å². The number of hydrogen-bond acceptors (Lipinski definition) is 9. The fourth-order valence-corrected chi connectivity index (χ4v) is 5.90. The minimum Gasteiger partial charge on any atom is -0.374 e. The summed E-state index contributed by atoms with van der Waals surface area (Å²) in [4.78, 5) is 17.3. The van der Waals surface area contributed by atoms with Crippen LogP contribution in [0.5, 0.6) is 0 Å². The summed E-state index contributed by atoms with van der Waals surface area (Å²) in [5.41, 5.74) is 2.44. The van der Waals surface area contributed by atoms with Crippen LogP contribution >= 0.6 is 0 Å². The Morgan fingerprint density at radius 2 is 1.97 bits per heavy atom. The van der Waals surface area contributed by atoms with E-state index in [4.69, 9.17) is 29.5 Å². The van der Waals surface area contributed by atoms with Gasteiger partial charge in [0.15, 0.2) is 0 Å². The molecule has 210 valence electrons. The van der Waals surface area contributed by atoms with Crippen molar-refractivity contribution in [1.29, 1.82) is 0 Å². The topological polar surface area (TPSA) is 104 Å². The third-order valence-electron chi connectivity index (χ3n) is 8.26. The number of amidine groups is 1. The third-order valence-corrected chi connectivity index (χ3v) is 8.26. The molecule has 3 aliphatic rings. The van der Waals surface area contributed by atoms with Crippen LogP contribution in [0.1, 0.15) is 58.6 Å². The fourth-order valence-electron chi connectivity index (χ4n) is 5.90. The van der Waals surface area contributed by atoms with Crippen molar-refractivity contribution in [2.75, 3.05) is 43.8 Å². The minimum atomic E-state index is -0.280. The average molecular weight is 535 g/mol. The summed E-state index contributed by atoms with van der Waals surface area (Å²) in [5, 5.41) is 15.7. The van der Waals surface area contributed by atoms with Gasteiger partial charge in [0, 0.05) is 34.8 Å². The highest BCUT2D eigenvalue weighted by molar-refractivity contribution is 6.08. The van der Waals surface area contributed by atoms with Gasteiger partial charge in [0.25, 0.3) is 0 Å². The molecule has 4 heterocycles. The zero-order chi connectivity index (χ0) is 27.8. The number of ether oxygens (including phenoxy) is 2. The van der Waals surface area contributed by atoms with Crippen molar-refractivity contribution in [1.82, 2.24) is 15.3 Å². The number of benzene rings is 1. The maximum atomic E-state index is 9.03. The molecule has 1 saturated heterocycles. The number of anilines is 3. The molecule has 0 saturated carbocycles. The summed E-state index contributed by atoms with van der Waals surface area (Å²) in [6, 6.07) is 8.56. The Morgan fingerprint density at radius 1 is 1.21 bits per heavy atom. The van der Waals surface area contributed by atoms with E-state index in [0.29, 0.717) is 19.2 Å². The number of likely N-dealkylation sites (N-methyl/N-ethyl adjacent to an activating group) is 1. The van der Waals surface area contributed by atoms with Crippen molar-refractivity contribution in [3.63, 3.8) is 0 Å². The largest absolute Gasteiger partial charge is 0.374 e. The summed E-state index contributed by atoms with van der Waals surface area (Å²) >= 11 is 0. The first-order valence-corrected chi connectivity index (χ1v) is 13.8. The van der Waals surface area contributed by atoms with E-state index in [9.17, 15) is 0 Å². The van der Waals surface area contributed by atoms with Crippen molar-refractivity contribution in [3.8, 4) is 0 Å². The first-order chi connectivity index (χ1) is 18.6. The number of hydrogen-bond donors (Lipinski definition) is 3. The number of aromatic nitrogens is 2. The Kier molecular flexibility index (Phi) is 7.54. The summed E-state index contributed by atoms with van der Waals surface area (Å²) in [6.45, 7) is 12.4. The Bertz CT molecular complexity index is 1240. The number of aliphatic imine (C=N–C) groups is 1. The number of fused-ring (bicyclic) bond motifs is 3. The lowest BCUT2D eigenvalue weighted by atomic mass is 9.73. The van der Waals surface area contributed by atoms with Crippen molar-refractivity contribution < 1.29 is 14.6 Å². The Labute approximate surface area is 231 Å².